The minimum atomic E-state index is -0.552. The maximum atomic E-state index is 9.83. The van der Waals surface area contributed by atoms with Gasteiger partial charge in [-0.05, 0) is 32.2 Å². The molecule has 0 fully saturated rings. The highest BCUT2D eigenvalue weighted by atomic mass is 16.3. The summed E-state index contributed by atoms with van der Waals surface area (Å²) in [7, 11) is 0. The summed E-state index contributed by atoms with van der Waals surface area (Å²) in [6.07, 6.45) is 3.97. The molecule has 74 valence electrons. The van der Waals surface area contributed by atoms with Crippen LogP contribution in [-0.2, 0) is 0 Å². The molecule has 0 spiro atoms. The Bertz CT molecular complexity index is 112. The Kier molecular flexibility index (Phi) is 5.51. The molecule has 0 aromatic heterocycles. The molecular weight excluding hydrogens is 150 g/mol. The molecule has 0 aromatic rings. The predicted molar refractivity (Wildman–Crippen MR) is 53.0 cm³/mol. The third kappa shape index (κ3) is 5.56. The SMILES string of the molecule is CCCC(C)CC(C)(O)CCN. The fraction of sp³-hybridized carbons (Fsp3) is 1.00. The van der Waals surface area contributed by atoms with Gasteiger partial charge < -0.3 is 10.8 Å². The fourth-order valence-corrected chi connectivity index (χ4v) is 1.76. The Balaban J connectivity index is 3.70. The molecule has 0 saturated heterocycles. The van der Waals surface area contributed by atoms with Gasteiger partial charge in [0.15, 0.2) is 0 Å². The molecule has 0 bridgehead atoms. The van der Waals surface area contributed by atoms with Crippen molar-refractivity contribution in [1.29, 1.82) is 0 Å². The molecule has 0 saturated carbocycles. The van der Waals surface area contributed by atoms with Gasteiger partial charge in [-0.3, -0.25) is 0 Å². The van der Waals surface area contributed by atoms with E-state index in [1.54, 1.807) is 0 Å². The van der Waals surface area contributed by atoms with E-state index in [0.29, 0.717) is 18.9 Å². The molecule has 0 aliphatic rings. The smallest absolute Gasteiger partial charge is 0.0634 e. The lowest BCUT2D eigenvalue weighted by Crippen LogP contribution is -2.29. The van der Waals surface area contributed by atoms with Gasteiger partial charge in [-0.25, -0.2) is 0 Å². The van der Waals surface area contributed by atoms with Crippen LogP contribution in [0.1, 0.15) is 46.5 Å². The molecule has 3 N–H and O–H groups in total. The normalized spacial score (nSPS) is 18.8. The van der Waals surface area contributed by atoms with Gasteiger partial charge in [0.25, 0.3) is 0 Å². The summed E-state index contributed by atoms with van der Waals surface area (Å²) in [4.78, 5) is 0. The van der Waals surface area contributed by atoms with Crippen molar-refractivity contribution in [2.75, 3.05) is 6.54 Å². The molecule has 0 radical (unpaired) electrons. The zero-order valence-corrected chi connectivity index (χ0v) is 8.64. The highest BCUT2D eigenvalue weighted by Gasteiger charge is 2.21. The Labute approximate surface area is 76.2 Å². The number of hydrogen-bond acceptors (Lipinski definition) is 2. The van der Waals surface area contributed by atoms with Crippen LogP contribution >= 0.6 is 0 Å². The van der Waals surface area contributed by atoms with Gasteiger partial charge in [0, 0.05) is 0 Å². The van der Waals surface area contributed by atoms with Crippen LogP contribution in [0.2, 0.25) is 0 Å². The maximum absolute atomic E-state index is 9.83. The fourth-order valence-electron chi connectivity index (χ4n) is 1.76. The Morgan fingerprint density at radius 3 is 2.50 bits per heavy atom. The molecule has 0 aliphatic heterocycles. The zero-order valence-electron chi connectivity index (χ0n) is 8.64. The molecule has 2 nitrogen and oxygen atoms in total. The lowest BCUT2D eigenvalue weighted by Gasteiger charge is -2.25. The summed E-state index contributed by atoms with van der Waals surface area (Å²) in [5.41, 5.74) is 4.85. The average molecular weight is 173 g/mol. The first-order valence-corrected chi connectivity index (χ1v) is 4.94. The molecule has 0 rings (SSSR count). The molecule has 0 aromatic carbocycles. The van der Waals surface area contributed by atoms with Crippen molar-refractivity contribution in [3.05, 3.63) is 0 Å². The summed E-state index contributed by atoms with van der Waals surface area (Å²) >= 11 is 0. The van der Waals surface area contributed by atoms with Crippen LogP contribution in [0.3, 0.4) is 0 Å². The molecular formula is C10H23NO. The molecule has 2 heteroatoms. The van der Waals surface area contributed by atoms with Crippen molar-refractivity contribution in [3.63, 3.8) is 0 Å². The highest BCUT2D eigenvalue weighted by molar-refractivity contribution is 4.75. The van der Waals surface area contributed by atoms with Crippen molar-refractivity contribution in [2.24, 2.45) is 11.7 Å². The summed E-state index contributed by atoms with van der Waals surface area (Å²) in [6, 6.07) is 0. The van der Waals surface area contributed by atoms with Gasteiger partial charge in [-0.2, -0.15) is 0 Å². The third-order valence-corrected chi connectivity index (χ3v) is 2.25. The second-order valence-electron chi connectivity index (χ2n) is 4.13. The number of rotatable bonds is 6. The minimum absolute atomic E-state index is 0.552. The van der Waals surface area contributed by atoms with Crippen LogP contribution in [0, 0.1) is 5.92 Å². The van der Waals surface area contributed by atoms with Crippen LogP contribution in [-0.4, -0.2) is 17.3 Å². The average Bonchev–Trinajstić information content (AvgIpc) is 1.85. The number of nitrogens with two attached hydrogens (primary N) is 1. The second-order valence-corrected chi connectivity index (χ2v) is 4.13. The Morgan fingerprint density at radius 1 is 1.50 bits per heavy atom. The zero-order chi connectivity index (χ0) is 9.61. The van der Waals surface area contributed by atoms with Gasteiger partial charge in [0.1, 0.15) is 0 Å². The van der Waals surface area contributed by atoms with Crippen LogP contribution in [0.5, 0.6) is 0 Å². The first-order valence-electron chi connectivity index (χ1n) is 4.94. The summed E-state index contributed by atoms with van der Waals surface area (Å²) < 4.78 is 0. The van der Waals surface area contributed by atoms with E-state index in [1.165, 1.54) is 12.8 Å². The molecule has 12 heavy (non-hydrogen) atoms. The number of hydrogen-bond donors (Lipinski definition) is 2. The van der Waals surface area contributed by atoms with Gasteiger partial charge in [-0.15, -0.1) is 0 Å². The number of aliphatic hydroxyl groups is 1. The monoisotopic (exact) mass is 173 g/mol. The molecule has 2 atom stereocenters. The highest BCUT2D eigenvalue weighted by Crippen LogP contribution is 2.22. The van der Waals surface area contributed by atoms with E-state index in [-0.39, 0.29) is 0 Å². The standard InChI is InChI=1S/C10H23NO/c1-4-5-9(2)8-10(3,12)6-7-11/h9,12H,4-8,11H2,1-3H3. The van der Waals surface area contributed by atoms with Crippen LogP contribution in [0.15, 0.2) is 0 Å². The summed E-state index contributed by atoms with van der Waals surface area (Å²) in [5, 5.41) is 9.83. The lowest BCUT2D eigenvalue weighted by molar-refractivity contribution is 0.0289. The van der Waals surface area contributed by atoms with Gasteiger partial charge >= 0.3 is 0 Å². The van der Waals surface area contributed by atoms with Crippen LogP contribution < -0.4 is 5.73 Å². The molecule has 0 heterocycles. The summed E-state index contributed by atoms with van der Waals surface area (Å²) in [6.45, 7) is 6.82. The minimum Gasteiger partial charge on any atom is -0.390 e. The van der Waals surface area contributed by atoms with Crippen molar-refractivity contribution in [3.8, 4) is 0 Å². The topological polar surface area (TPSA) is 46.2 Å². The van der Waals surface area contributed by atoms with Crippen LogP contribution in [0.25, 0.3) is 0 Å². The van der Waals surface area contributed by atoms with Crippen molar-refractivity contribution >= 4 is 0 Å². The van der Waals surface area contributed by atoms with Gasteiger partial charge in [0.2, 0.25) is 0 Å². The maximum Gasteiger partial charge on any atom is 0.0634 e. The van der Waals surface area contributed by atoms with Crippen LogP contribution in [0.4, 0.5) is 0 Å². The first-order chi connectivity index (χ1) is 5.52. The Hall–Kier alpha value is -0.0800. The van der Waals surface area contributed by atoms with Crippen molar-refractivity contribution in [2.45, 2.75) is 52.1 Å². The molecule has 0 amide bonds. The van der Waals surface area contributed by atoms with Gasteiger partial charge in [0.05, 0.1) is 5.60 Å². The van der Waals surface area contributed by atoms with E-state index in [9.17, 15) is 5.11 Å². The van der Waals surface area contributed by atoms with Gasteiger partial charge in [-0.1, -0.05) is 26.7 Å². The van der Waals surface area contributed by atoms with E-state index in [1.807, 2.05) is 6.92 Å². The third-order valence-electron chi connectivity index (χ3n) is 2.25. The first kappa shape index (κ1) is 11.9. The largest absolute Gasteiger partial charge is 0.390 e. The van der Waals surface area contributed by atoms with E-state index in [0.717, 1.165) is 6.42 Å². The van der Waals surface area contributed by atoms with E-state index in [2.05, 4.69) is 13.8 Å². The van der Waals surface area contributed by atoms with Crippen molar-refractivity contribution in [1.82, 2.24) is 0 Å². The lowest BCUT2D eigenvalue weighted by atomic mass is 9.88. The summed E-state index contributed by atoms with van der Waals surface area (Å²) in [5.74, 6) is 0.608. The second kappa shape index (κ2) is 5.55. The molecule has 0 aliphatic carbocycles. The van der Waals surface area contributed by atoms with E-state index < -0.39 is 5.60 Å². The Morgan fingerprint density at radius 2 is 2.08 bits per heavy atom. The van der Waals surface area contributed by atoms with E-state index in [4.69, 9.17) is 5.73 Å². The quantitative estimate of drug-likeness (QED) is 0.644. The predicted octanol–water partition coefficient (Wildman–Crippen LogP) is 1.91. The van der Waals surface area contributed by atoms with Crippen molar-refractivity contribution < 1.29 is 5.11 Å². The molecule has 2 unspecified atom stereocenters. The van der Waals surface area contributed by atoms with E-state index >= 15 is 0 Å².